The summed E-state index contributed by atoms with van der Waals surface area (Å²) in [6, 6.07) is 1.81. The number of methoxy groups -OCH3 is 2. The molecule has 10 heteroatoms. The molecule has 0 heterocycles. The molecule has 0 aliphatic heterocycles. The molecule has 0 saturated heterocycles. The summed E-state index contributed by atoms with van der Waals surface area (Å²) in [4.78, 5) is 11.5. The summed E-state index contributed by atoms with van der Waals surface area (Å²) in [5.41, 5.74) is -5.47. The summed E-state index contributed by atoms with van der Waals surface area (Å²) < 4.78 is 71.9. The van der Waals surface area contributed by atoms with E-state index in [1.54, 1.807) is 0 Å². The summed E-state index contributed by atoms with van der Waals surface area (Å²) in [5, 5.41) is 0. The minimum absolute atomic E-state index is 0.0447. The monoisotopic (exact) mass is 328 g/mol. The fraction of sp³-hybridized carbons (Fsp3) is 0.364. The Bertz CT molecular complexity index is 651. The van der Waals surface area contributed by atoms with Gasteiger partial charge in [0, 0.05) is 6.07 Å². The molecule has 0 spiro atoms. The van der Waals surface area contributed by atoms with Crippen molar-refractivity contribution in [2.45, 2.75) is 12.4 Å². The fourth-order valence-electron chi connectivity index (χ4n) is 1.47. The lowest BCUT2D eigenvalue weighted by Crippen LogP contribution is -2.28. The van der Waals surface area contributed by atoms with Gasteiger partial charge in [-0.15, -0.1) is 0 Å². The van der Waals surface area contributed by atoms with Crippen LogP contribution in [0.1, 0.15) is 15.9 Å². The highest BCUT2D eigenvalue weighted by Gasteiger charge is 2.48. The van der Waals surface area contributed by atoms with Crippen LogP contribution in [0.2, 0.25) is 0 Å². The number of hydrogen-bond acceptors (Lipinski definition) is 6. The minimum atomic E-state index is -5.80. The molecule has 0 bridgehead atoms. The summed E-state index contributed by atoms with van der Waals surface area (Å²) >= 11 is 0. The average Bonchev–Trinajstić information content (AvgIpc) is 2.35. The quantitative estimate of drug-likeness (QED) is 0.478. The Balaban J connectivity index is 3.31. The summed E-state index contributed by atoms with van der Waals surface area (Å²) in [6.45, 7) is 1.36. The molecule has 118 valence electrons. The van der Waals surface area contributed by atoms with Gasteiger partial charge < -0.3 is 13.7 Å². The van der Waals surface area contributed by atoms with E-state index in [0.29, 0.717) is 0 Å². The number of halogens is 3. The van der Waals surface area contributed by atoms with Crippen molar-refractivity contribution in [1.29, 1.82) is 0 Å². The maximum absolute atomic E-state index is 12.2. The van der Waals surface area contributed by atoms with Gasteiger partial charge in [-0.3, -0.25) is 0 Å². The van der Waals surface area contributed by atoms with E-state index in [0.717, 1.165) is 26.4 Å². The van der Waals surface area contributed by atoms with Gasteiger partial charge in [0.25, 0.3) is 0 Å². The number of esters is 1. The van der Waals surface area contributed by atoms with Crippen molar-refractivity contribution in [1.82, 2.24) is 0 Å². The topological polar surface area (TPSA) is 78.9 Å². The Morgan fingerprint density at radius 2 is 1.76 bits per heavy atom. The van der Waals surface area contributed by atoms with E-state index in [4.69, 9.17) is 4.74 Å². The number of benzene rings is 1. The third-order valence-electron chi connectivity index (χ3n) is 2.37. The molecule has 6 nitrogen and oxygen atoms in total. The third kappa shape index (κ3) is 3.57. The fourth-order valence-corrected chi connectivity index (χ4v) is 1.91. The Kier molecular flexibility index (Phi) is 4.72. The summed E-state index contributed by atoms with van der Waals surface area (Å²) in [6.07, 6.45) is 0. The normalized spacial score (nSPS) is 11.9. The highest BCUT2D eigenvalue weighted by atomic mass is 32.2. The maximum Gasteiger partial charge on any atom is 0.534 e. The zero-order valence-corrected chi connectivity index (χ0v) is 12.0. The van der Waals surface area contributed by atoms with Crippen LogP contribution in [0.25, 0.3) is 0 Å². The van der Waals surface area contributed by atoms with Crippen molar-refractivity contribution in [2.24, 2.45) is 0 Å². The van der Waals surface area contributed by atoms with Gasteiger partial charge in [0.2, 0.25) is 0 Å². The Morgan fingerprint density at radius 1 is 1.19 bits per heavy atom. The van der Waals surface area contributed by atoms with Gasteiger partial charge in [0.15, 0.2) is 0 Å². The Morgan fingerprint density at radius 3 is 2.19 bits per heavy atom. The molecule has 0 aliphatic rings. The highest BCUT2D eigenvalue weighted by molar-refractivity contribution is 7.88. The smallest absolute Gasteiger partial charge is 0.496 e. The van der Waals surface area contributed by atoms with Crippen LogP contribution < -0.4 is 8.92 Å². The van der Waals surface area contributed by atoms with Crippen LogP contribution in [0.5, 0.6) is 11.5 Å². The van der Waals surface area contributed by atoms with E-state index in [1.165, 1.54) is 6.92 Å². The van der Waals surface area contributed by atoms with Crippen LogP contribution in [0.4, 0.5) is 13.2 Å². The van der Waals surface area contributed by atoms with E-state index < -0.39 is 27.3 Å². The molecule has 21 heavy (non-hydrogen) atoms. The number of rotatable bonds is 4. The Hall–Kier alpha value is -1.97. The molecule has 0 radical (unpaired) electrons. The maximum atomic E-state index is 12.2. The van der Waals surface area contributed by atoms with Gasteiger partial charge >= 0.3 is 21.6 Å². The minimum Gasteiger partial charge on any atom is -0.496 e. The molecule has 0 fully saturated rings. The second kappa shape index (κ2) is 5.80. The molecule has 1 aromatic carbocycles. The van der Waals surface area contributed by atoms with Crippen molar-refractivity contribution in [3.8, 4) is 11.5 Å². The first kappa shape index (κ1) is 17.1. The number of carbonyl (C=O) groups excluding carboxylic acids is 1. The van der Waals surface area contributed by atoms with E-state index in [9.17, 15) is 26.4 Å². The first-order valence-corrected chi connectivity index (χ1v) is 6.72. The van der Waals surface area contributed by atoms with Gasteiger partial charge in [0.05, 0.1) is 14.2 Å². The van der Waals surface area contributed by atoms with Gasteiger partial charge in [-0.2, -0.15) is 21.6 Å². The predicted molar refractivity (Wildman–Crippen MR) is 64.7 cm³/mol. The molecular weight excluding hydrogens is 317 g/mol. The first-order valence-electron chi connectivity index (χ1n) is 5.31. The molecule has 0 amide bonds. The number of aryl methyl sites for hydroxylation is 1. The molecular formula is C11H11F3O6S. The SMILES string of the molecule is COC(=O)c1c(C)cc(OS(=O)(=O)C(F)(F)F)cc1OC. The molecule has 0 saturated carbocycles. The highest BCUT2D eigenvalue weighted by Crippen LogP contribution is 2.32. The summed E-state index contributed by atoms with van der Waals surface area (Å²) in [5.74, 6) is -1.59. The van der Waals surface area contributed by atoms with Crippen molar-refractivity contribution in [2.75, 3.05) is 14.2 Å². The van der Waals surface area contributed by atoms with Crippen LogP contribution in [0.3, 0.4) is 0 Å². The van der Waals surface area contributed by atoms with Crippen molar-refractivity contribution >= 4 is 16.1 Å². The van der Waals surface area contributed by atoms with Crippen molar-refractivity contribution in [3.63, 3.8) is 0 Å². The molecule has 0 atom stereocenters. The van der Waals surface area contributed by atoms with Crippen LogP contribution in [-0.2, 0) is 14.9 Å². The van der Waals surface area contributed by atoms with E-state index >= 15 is 0 Å². The molecule has 0 aliphatic carbocycles. The lowest BCUT2D eigenvalue weighted by molar-refractivity contribution is -0.0500. The van der Waals surface area contributed by atoms with Crippen LogP contribution >= 0.6 is 0 Å². The van der Waals surface area contributed by atoms with Gasteiger partial charge in [-0.1, -0.05) is 0 Å². The lowest BCUT2D eigenvalue weighted by Gasteiger charge is -2.14. The molecule has 0 aromatic heterocycles. The van der Waals surface area contributed by atoms with Gasteiger partial charge in [-0.05, 0) is 18.6 Å². The third-order valence-corrected chi connectivity index (χ3v) is 3.35. The molecule has 1 rings (SSSR count). The average molecular weight is 328 g/mol. The van der Waals surface area contributed by atoms with Gasteiger partial charge in [0.1, 0.15) is 17.1 Å². The van der Waals surface area contributed by atoms with E-state index in [1.807, 2.05) is 0 Å². The number of hydrogen-bond donors (Lipinski definition) is 0. The zero-order valence-electron chi connectivity index (χ0n) is 11.1. The van der Waals surface area contributed by atoms with Crippen LogP contribution in [-0.4, -0.2) is 34.1 Å². The number of ether oxygens (including phenoxy) is 2. The lowest BCUT2D eigenvalue weighted by atomic mass is 10.1. The van der Waals surface area contributed by atoms with Crippen LogP contribution in [0.15, 0.2) is 12.1 Å². The van der Waals surface area contributed by atoms with Gasteiger partial charge in [-0.25, -0.2) is 4.79 Å². The number of alkyl halides is 3. The molecule has 1 aromatic rings. The van der Waals surface area contributed by atoms with E-state index in [2.05, 4.69) is 8.92 Å². The number of carbonyl (C=O) groups is 1. The summed E-state index contributed by atoms with van der Waals surface area (Å²) in [7, 11) is -3.54. The van der Waals surface area contributed by atoms with Crippen molar-refractivity contribution < 1.29 is 40.0 Å². The standard InChI is InChI=1S/C11H11F3O6S/c1-6-4-7(20-21(16,17)11(12,13)14)5-8(18-2)9(6)10(15)19-3/h4-5H,1-3H3. The Labute approximate surface area is 118 Å². The zero-order chi connectivity index (χ0) is 16.4. The second-order valence-electron chi connectivity index (χ2n) is 3.79. The second-order valence-corrected chi connectivity index (χ2v) is 5.33. The predicted octanol–water partition coefficient (Wildman–Crippen LogP) is 2.02. The van der Waals surface area contributed by atoms with Crippen molar-refractivity contribution in [3.05, 3.63) is 23.3 Å². The van der Waals surface area contributed by atoms with E-state index in [-0.39, 0.29) is 16.9 Å². The first-order chi connectivity index (χ1) is 9.53. The molecule has 0 N–H and O–H groups in total. The van der Waals surface area contributed by atoms with Crippen LogP contribution in [0, 0.1) is 6.92 Å². The molecule has 0 unspecified atom stereocenters. The largest absolute Gasteiger partial charge is 0.534 e.